The molecule has 30 heavy (non-hydrogen) atoms. The van der Waals surface area contributed by atoms with E-state index in [1.165, 1.54) is 11.6 Å². The largest absolute Gasteiger partial charge is 0.461 e. The highest BCUT2D eigenvalue weighted by Crippen LogP contribution is 2.66. The number of rotatable bonds is 4. The van der Waals surface area contributed by atoms with Crippen LogP contribution in [0.4, 0.5) is 0 Å². The van der Waals surface area contributed by atoms with Crippen molar-refractivity contribution in [2.24, 2.45) is 22.7 Å². The van der Waals surface area contributed by atoms with Crippen molar-refractivity contribution in [3.63, 3.8) is 0 Å². The maximum Gasteiger partial charge on any atom is 0.336 e. The fourth-order valence-corrected chi connectivity index (χ4v) is 7.04. The monoisotopic (exact) mass is 414 g/mol. The van der Waals surface area contributed by atoms with Crippen LogP contribution < -0.4 is 0 Å². The van der Waals surface area contributed by atoms with Crippen molar-refractivity contribution < 1.29 is 24.2 Å². The van der Waals surface area contributed by atoms with Gasteiger partial charge in [-0.05, 0) is 76.4 Å². The smallest absolute Gasteiger partial charge is 0.336 e. The summed E-state index contributed by atoms with van der Waals surface area (Å²) in [6.45, 7) is 10.2. The van der Waals surface area contributed by atoms with Crippen LogP contribution in [0.15, 0.2) is 35.1 Å². The van der Waals surface area contributed by atoms with Gasteiger partial charge >= 0.3 is 11.9 Å². The minimum Gasteiger partial charge on any atom is -0.461 e. The highest BCUT2D eigenvalue weighted by molar-refractivity contribution is 5.88. The average Bonchev–Trinajstić information content (AvgIpc) is 3.08. The van der Waals surface area contributed by atoms with Crippen LogP contribution in [0.1, 0.15) is 73.1 Å². The van der Waals surface area contributed by atoms with E-state index < -0.39 is 11.0 Å². The molecule has 0 bridgehead atoms. The summed E-state index contributed by atoms with van der Waals surface area (Å²) in [5.41, 5.74) is 0.614. The van der Waals surface area contributed by atoms with E-state index in [1.807, 2.05) is 26.0 Å². The van der Waals surface area contributed by atoms with Gasteiger partial charge in [-0.15, -0.1) is 0 Å². The van der Waals surface area contributed by atoms with Crippen molar-refractivity contribution in [3.05, 3.63) is 35.1 Å². The van der Waals surface area contributed by atoms with Gasteiger partial charge in [-0.3, -0.25) is 4.79 Å². The zero-order valence-corrected chi connectivity index (χ0v) is 18.8. The van der Waals surface area contributed by atoms with Crippen molar-refractivity contribution in [1.82, 2.24) is 0 Å². The SMILES string of the molecule is CC(=CC=C1OC(=O)C=C1C)CC[C@@H]1[C@@]2(C)CCC[C@@]3(C)C(=O)O[C@@H](C[C@@]1(C)O)[C@H]23. The Kier molecular flexibility index (Phi) is 5.04. The van der Waals surface area contributed by atoms with Gasteiger partial charge in [0.25, 0.3) is 0 Å². The van der Waals surface area contributed by atoms with Crippen LogP contribution in [-0.4, -0.2) is 28.8 Å². The molecule has 0 aromatic rings. The van der Waals surface area contributed by atoms with Crippen molar-refractivity contribution >= 4 is 11.9 Å². The zero-order chi connectivity index (χ0) is 21.9. The topological polar surface area (TPSA) is 72.8 Å². The van der Waals surface area contributed by atoms with Gasteiger partial charge in [0.2, 0.25) is 0 Å². The molecule has 0 amide bonds. The second-order valence-corrected chi connectivity index (χ2v) is 10.6. The predicted octanol–water partition coefficient (Wildman–Crippen LogP) is 4.61. The van der Waals surface area contributed by atoms with E-state index in [2.05, 4.69) is 20.8 Å². The summed E-state index contributed by atoms with van der Waals surface area (Å²) in [6, 6.07) is 0. The molecule has 3 fully saturated rings. The van der Waals surface area contributed by atoms with Gasteiger partial charge in [0.05, 0.1) is 11.0 Å². The molecule has 2 heterocycles. The highest BCUT2D eigenvalue weighted by Gasteiger charge is 2.69. The van der Waals surface area contributed by atoms with Gasteiger partial charge in [0, 0.05) is 18.4 Å². The Bertz CT molecular complexity index is 863. The summed E-state index contributed by atoms with van der Waals surface area (Å²) in [4.78, 5) is 24.1. The Balaban J connectivity index is 1.54. The summed E-state index contributed by atoms with van der Waals surface area (Å²) < 4.78 is 11.0. The Hall–Kier alpha value is -1.88. The van der Waals surface area contributed by atoms with Crippen LogP contribution in [0.5, 0.6) is 0 Å². The molecule has 164 valence electrons. The molecule has 0 unspecified atom stereocenters. The lowest BCUT2D eigenvalue weighted by Crippen LogP contribution is -2.61. The van der Waals surface area contributed by atoms with Gasteiger partial charge in [0.1, 0.15) is 11.9 Å². The van der Waals surface area contributed by atoms with Gasteiger partial charge in [0.15, 0.2) is 0 Å². The minimum absolute atomic E-state index is 0.0721. The van der Waals surface area contributed by atoms with E-state index in [9.17, 15) is 14.7 Å². The fourth-order valence-electron chi connectivity index (χ4n) is 7.04. The summed E-state index contributed by atoms with van der Waals surface area (Å²) in [6.07, 6.45) is 10.3. The first-order valence-corrected chi connectivity index (χ1v) is 11.2. The first-order chi connectivity index (χ1) is 14.0. The van der Waals surface area contributed by atoms with Crippen molar-refractivity contribution in [3.8, 4) is 0 Å². The van der Waals surface area contributed by atoms with Gasteiger partial charge in [-0.25, -0.2) is 4.79 Å². The Morgan fingerprint density at radius 2 is 2.00 bits per heavy atom. The van der Waals surface area contributed by atoms with Crippen LogP contribution in [0, 0.1) is 22.7 Å². The first kappa shape index (κ1) is 21.4. The molecule has 5 nitrogen and oxygen atoms in total. The number of allylic oxidation sites excluding steroid dienone is 4. The second-order valence-electron chi connectivity index (χ2n) is 10.6. The quantitative estimate of drug-likeness (QED) is 0.680. The van der Waals surface area contributed by atoms with Gasteiger partial charge in [-0.2, -0.15) is 0 Å². The molecular weight excluding hydrogens is 380 g/mol. The van der Waals surface area contributed by atoms with E-state index in [4.69, 9.17) is 9.47 Å². The van der Waals surface area contributed by atoms with Crippen LogP contribution in [0.25, 0.3) is 0 Å². The van der Waals surface area contributed by atoms with E-state index in [0.717, 1.165) is 37.7 Å². The van der Waals surface area contributed by atoms with Crippen LogP contribution in [0.2, 0.25) is 0 Å². The van der Waals surface area contributed by atoms with Crippen LogP contribution >= 0.6 is 0 Å². The van der Waals surface area contributed by atoms with E-state index in [1.54, 1.807) is 0 Å². The van der Waals surface area contributed by atoms with Gasteiger partial charge < -0.3 is 14.6 Å². The molecule has 4 rings (SSSR count). The molecule has 0 radical (unpaired) electrons. The molecule has 6 atom stereocenters. The van der Waals surface area contributed by atoms with E-state index in [-0.39, 0.29) is 35.3 Å². The number of hydrogen-bond donors (Lipinski definition) is 1. The summed E-state index contributed by atoms with van der Waals surface area (Å²) in [7, 11) is 0. The maximum absolute atomic E-state index is 12.7. The number of aliphatic hydroxyl groups is 1. The Labute approximate surface area is 179 Å². The maximum atomic E-state index is 12.7. The molecular formula is C25H34O5. The van der Waals surface area contributed by atoms with E-state index >= 15 is 0 Å². The fraction of sp³-hybridized carbons (Fsp3) is 0.680. The average molecular weight is 415 g/mol. The Morgan fingerprint density at radius 3 is 2.67 bits per heavy atom. The molecule has 5 heteroatoms. The normalized spacial score (nSPS) is 44.6. The molecule has 1 N–H and O–H groups in total. The lowest BCUT2D eigenvalue weighted by Gasteiger charge is -2.59. The first-order valence-electron chi connectivity index (χ1n) is 11.2. The number of carbonyl (C=O) groups excluding carboxylic acids is 2. The van der Waals surface area contributed by atoms with Crippen LogP contribution in [0.3, 0.4) is 0 Å². The predicted molar refractivity (Wildman–Crippen MR) is 113 cm³/mol. The molecule has 2 aliphatic carbocycles. The molecule has 2 aliphatic heterocycles. The lowest BCUT2D eigenvalue weighted by atomic mass is 9.45. The Morgan fingerprint density at radius 1 is 1.27 bits per heavy atom. The molecule has 0 spiro atoms. The number of carbonyl (C=O) groups is 2. The van der Waals surface area contributed by atoms with Crippen molar-refractivity contribution in [2.45, 2.75) is 84.8 Å². The molecule has 1 saturated heterocycles. The number of hydrogen-bond acceptors (Lipinski definition) is 5. The van der Waals surface area contributed by atoms with Crippen LogP contribution in [-0.2, 0) is 19.1 Å². The number of cyclic esters (lactones) is 1. The minimum atomic E-state index is -0.863. The number of esters is 2. The summed E-state index contributed by atoms with van der Waals surface area (Å²) in [5.74, 6) is 0.482. The molecule has 0 aromatic carbocycles. The van der Waals surface area contributed by atoms with E-state index in [0.29, 0.717) is 12.2 Å². The molecule has 4 aliphatic rings. The van der Waals surface area contributed by atoms with Gasteiger partial charge in [-0.1, -0.05) is 25.0 Å². The second kappa shape index (κ2) is 7.08. The third-order valence-electron chi connectivity index (χ3n) is 8.35. The molecule has 2 saturated carbocycles. The molecule has 0 aromatic heterocycles. The van der Waals surface area contributed by atoms with Crippen molar-refractivity contribution in [1.29, 1.82) is 0 Å². The standard InChI is InChI=1S/C25H34O5/c1-15(7-9-17-16(2)13-20(26)29-17)8-10-19-23(3)11-6-12-24(4)21(23)18(30-22(24)27)14-25(19,5)28/h7,9,13,18-19,21,28H,6,8,10-12,14H2,1-5H3/t18-,19+,21+,23+,24+,25+/m0/s1. The third kappa shape index (κ3) is 3.26. The zero-order valence-electron chi connectivity index (χ0n) is 18.8. The van der Waals surface area contributed by atoms with Crippen molar-refractivity contribution in [2.75, 3.05) is 0 Å². The lowest BCUT2D eigenvalue weighted by molar-refractivity contribution is -0.181. The number of ether oxygens (including phenoxy) is 2. The summed E-state index contributed by atoms with van der Waals surface area (Å²) >= 11 is 0. The highest BCUT2D eigenvalue weighted by atomic mass is 16.6. The summed E-state index contributed by atoms with van der Waals surface area (Å²) in [5, 5.41) is 11.4. The third-order valence-corrected chi connectivity index (χ3v) is 8.35.